The number of rotatable bonds is 3. The van der Waals surface area contributed by atoms with E-state index >= 15 is 0 Å². The van der Waals surface area contributed by atoms with Gasteiger partial charge in [-0.05, 0) is 26.2 Å². The van der Waals surface area contributed by atoms with Crippen molar-refractivity contribution in [2.45, 2.75) is 32.7 Å². The van der Waals surface area contributed by atoms with E-state index < -0.39 is 5.41 Å². The number of hydrogen-bond acceptors (Lipinski definition) is 4. The Hall–Kier alpha value is -1.41. The summed E-state index contributed by atoms with van der Waals surface area (Å²) >= 11 is 1.55. The van der Waals surface area contributed by atoms with E-state index in [1.54, 1.807) is 28.8 Å². The second-order valence-electron chi connectivity index (χ2n) is 4.57. The molecular weight excluding hydrogens is 234 g/mol. The summed E-state index contributed by atoms with van der Waals surface area (Å²) in [6.07, 6.45) is 2.38. The average molecular weight is 249 g/mol. The van der Waals surface area contributed by atoms with Gasteiger partial charge < -0.3 is 4.90 Å². The zero-order valence-corrected chi connectivity index (χ0v) is 10.9. The van der Waals surface area contributed by atoms with Gasteiger partial charge in [0.1, 0.15) is 5.41 Å². The predicted octanol–water partition coefficient (Wildman–Crippen LogP) is 2.10. The van der Waals surface area contributed by atoms with Crippen LogP contribution >= 0.6 is 11.3 Å². The first kappa shape index (κ1) is 12.1. The van der Waals surface area contributed by atoms with Gasteiger partial charge in [0.05, 0.1) is 23.8 Å². The van der Waals surface area contributed by atoms with Crippen LogP contribution in [0.2, 0.25) is 0 Å². The number of nitrogens with zero attached hydrogens (tertiary/aromatic N) is 3. The van der Waals surface area contributed by atoms with Crippen LogP contribution in [-0.2, 0) is 11.3 Å². The fourth-order valence-corrected chi connectivity index (χ4v) is 2.86. The third-order valence-corrected chi connectivity index (χ3v) is 4.32. The van der Waals surface area contributed by atoms with E-state index in [1.165, 1.54) is 0 Å². The number of aryl methyl sites for hydroxylation is 1. The van der Waals surface area contributed by atoms with Crippen molar-refractivity contribution in [3.63, 3.8) is 0 Å². The number of thiazole rings is 1. The van der Waals surface area contributed by atoms with Crippen LogP contribution < -0.4 is 0 Å². The maximum absolute atomic E-state index is 12.2. The first-order valence-corrected chi connectivity index (χ1v) is 6.53. The van der Waals surface area contributed by atoms with E-state index in [1.807, 2.05) is 6.92 Å². The Bertz CT molecular complexity index is 470. The number of aromatic nitrogens is 1. The summed E-state index contributed by atoms with van der Waals surface area (Å²) < 4.78 is 0. The van der Waals surface area contributed by atoms with Crippen molar-refractivity contribution < 1.29 is 4.79 Å². The third-order valence-electron chi connectivity index (χ3n) is 3.40. The second-order valence-corrected chi connectivity index (χ2v) is 5.51. The van der Waals surface area contributed by atoms with Crippen LogP contribution in [0.25, 0.3) is 0 Å². The number of carbonyl (C=O) groups excluding carboxylic acids is 1. The quantitative estimate of drug-likeness (QED) is 0.824. The summed E-state index contributed by atoms with van der Waals surface area (Å²) in [4.78, 5) is 19.1. The van der Waals surface area contributed by atoms with Gasteiger partial charge in [-0.2, -0.15) is 5.26 Å². The highest BCUT2D eigenvalue weighted by Crippen LogP contribution is 2.41. The van der Waals surface area contributed by atoms with E-state index in [0.717, 1.165) is 17.0 Å². The first-order chi connectivity index (χ1) is 8.09. The van der Waals surface area contributed by atoms with Gasteiger partial charge in [-0.1, -0.05) is 0 Å². The molecule has 0 saturated heterocycles. The average Bonchev–Trinajstić information content (AvgIpc) is 2.63. The minimum absolute atomic E-state index is 0.0425. The number of amides is 1. The second kappa shape index (κ2) is 4.46. The minimum Gasteiger partial charge on any atom is -0.339 e. The summed E-state index contributed by atoms with van der Waals surface area (Å²) in [5.74, 6) is -0.0425. The smallest absolute Gasteiger partial charge is 0.243 e. The predicted molar refractivity (Wildman–Crippen MR) is 65.2 cm³/mol. The molecule has 1 amide bonds. The molecule has 0 unspecified atom stereocenters. The van der Waals surface area contributed by atoms with Crippen LogP contribution in [0.1, 0.15) is 29.8 Å². The van der Waals surface area contributed by atoms with Crippen molar-refractivity contribution in [1.82, 2.24) is 9.88 Å². The monoisotopic (exact) mass is 249 g/mol. The highest BCUT2D eigenvalue weighted by molar-refractivity contribution is 7.09. The molecule has 0 N–H and O–H groups in total. The molecule has 1 saturated carbocycles. The topological polar surface area (TPSA) is 57.0 Å². The number of nitriles is 1. The normalized spacial score (nSPS) is 17.0. The molecule has 0 bridgehead atoms. The van der Waals surface area contributed by atoms with Crippen LogP contribution in [0.15, 0.2) is 5.51 Å². The maximum atomic E-state index is 12.2. The number of hydrogen-bond donors (Lipinski definition) is 0. The van der Waals surface area contributed by atoms with Gasteiger partial charge in [-0.3, -0.25) is 4.79 Å². The van der Waals surface area contributed by atoms with E-state index in [0.29, 0.717) is 19.4 Å². The number of carbonyl (C=O) groups is 1. The van der Waals surface area contributed by atoms with Crippen LogP contribution in [0.5, 0.6) is 0 Å². The van der Waals surface area contributed by atoms with Crippen LogP contribution in [0, 0.1) is 23.7 Å². The minimum atomic E-state index is -0.743. The van der Waals surface area contributed by atoms with Crippen LogP contribution in [0.3, 0.4) is 0 Å². The summed E-state index contributed by atoms with van der Waals surface area (Å²) in [5.41, 5.74) is 2.01. The Morgan fingerprint density at radius 1 is 1.71 bits per heavy atom. The lowest BCUT2D eigenvalue weighted by Gasteiger charge is -2.36. The Kier molecular flexibility index (Phi) is 3.16. The van der Waals surface area contributed by atoms with Crippen molar-refractivity contribution >= 4 is 17.2 Å². The molecule has 1 aliphatic carbocycles. The molecular formula is C12H15N3OS. The third kappa shape index (κ3) is 2.05. The van der Waals surface area contributed by atoms with Gasteiger partial charge in [0.2, 0.25) is 5.91 Å². The van der Waals surface area contributed by atoms with E-state index in [2.05, 4.69) is 11.1 Å². The maximum Gasteiger partial charge on any atom is 0.243 e. The van der Waals surface area contributed by atoms with Gasteiger partial charge >= 0.3 is 0 Å². The molecule has 0 aromatic carbocycles. The standard InChI is InChI=1S/C12H15N3OS/c1-9-10(17-8-14-9)6-15(2)11(16)12(7-13)4-3-5-12/h8H,3-6H2,1-2H3. The zero-order chi connectivity index (χ0) is 12.5. The fourth-order valence-electron chi connectivity index (χ4n) is 2.03. The molecule has 1 aromatic heterocycles. The molecule has 17 heavy (non-hydrogen) atoms. The van der Waals surface area contributed by atoms with Gasteiger partial charge in [-0.25, -0.2) is 4.98 Å². The molecule has 1 fully saturated rings. The molecule has 1 aliphatic rings. The SMILES string of the molecule is Cc1ncsc1CN(C)C(=O)C1(C#N)CCC1. The molecule has 2 rings (SSSR count). The highest BCUT2D eigenvalue weighted by atomic mass is 32.1. The van der Waals surface area contributed by atoms with E-state index in [-0.39, 0.29) is 5.91 Å². The Morgan fingerprint density at radius 3 is 2.82 bits per heavy atom. The van der Waals surface area contributed by atoms with Crippen molar-refractivity contribution in [3.05, 3.63) is 16.1 Å². The Balaban J connectivity index is 2.06. The van der Waals surface area contributed by atoms with Gasteiger partial charge in [0, 0.05) is 11.9 Å². The summed E-state index contributed by atoms with van der Waals surface area (Å²) in [6.45, 7) is 2.49. The fraction of sp³-hybridized carbons (Fsp3) is 0.583. The molecule has 0 spiro atoms. The molecule has 1 heterocycles. The lowest BCUT2D eigenvalue weighted by molar-refractivity contribution is -0.142. The van der Waals surface area contributed by atoms with Crippen molar-refractivity contribution in [3.8, 4) is 6.07 Å². The molecule has 0 atom stereocenters. The van der Waals surface area contributed by atoms with Gasteiger partial charge in [0.25, 0.3) is 0 Å². The van der Waals surface area contributed by atoms with Crippen molar-refractivity contribution in [2.24, 2.45) is 5.41 Å². The largest absolute Gasteiger partial charge is 0.339 e. The van der Waals surface area contributed by atoms with Crippen LogP contribution in [0.4, 0.5) is 0 Å². The first-order valence-electron chi connectivity index (χ1n) is 5.65. The molecule has 5 heteroatoms. The van der Waals surface area contributed by atoms with Crippen molar-refractivity contribution in [1.29, 1.82) is 5.26 Å². The molecule has 0 radical (unpaired) electrons. The Labute approximate surface area is 105 Å². The molecule has 1 aromatic rings. The zero-order valence-electron chi connectivity index (χ0n) is 10.1. The summed E-state index contributed by atoms with van der Waals surface area (Å²) in [5, 5.41) is 9.13. The lowest BCUT2D eigenvalue weighted by Crippen LogP contribution is -2.45. The summed E-state index contributed by atoms with van der Waals surface area (Å²) in [6, 6.07) is 2.19. The van der Waals surface area contributed by atoms with Crippen molar-refractivity contribution in [2.75, 3.05) is 7.05 Å². The van der Waals surface area contributed by atoms with E-state index in [4.69, 9.17) is 5.26 Å². The van der Waals surface area contributed by atoms with Crippen LogP contribution in [-0.4, -0.2) is 22.8 Å². The molecule has 0 aliphatic heterocycles. The lowest BCUT2D eigenvalue weighted by atomic mass is 9.69. The molecule has 4 nitrogen and oxygen atoms in total. The molecule has 90 valence electrons. The van der Waals surface area contributed by atoms with Gasteiger partial charge in [-0.15, -0.1) is 11.3 Å². The summed E-state index contributed by atoms with van der Waals surface area (Å²) in [7, 11) is 1.76. The Morgan fingerprint density at radius 2 is 2.41 bits per heavy atom. The van der Waals surface area contributed by atoms with E-state index in [9.17, 15) is 4.79 Å². The highest BCUT2D eigenvalue weighted by Gasteiger charge is 2.46. The van der Waals surface area contributed by atoms with Gasteiger partial charge in [0.15, 0.2) is 0 Å².